The molecule has 18 heavy (non-hydrogen) atoms. The average molecular weight is 346 g/mol. The molecule has 2 aromatic rings. The van der Waals surface area contributed by atoms with Crippen LogP contribution in [0.25, 0.3) is 10.2 Å². The topological polar surface area (TPSA) is 39.2 Å². The minimum atomic E-state index is -0.228. The molecule has 0 aliphatic heterocycles. The molecule has 0 N–H and O–H groups in total. The summed E-state index contributed by atoms with van der Waals surface area (Å²) in [6.07, 6.45) is 0. The third-order valence-electron chi connectivity index (χ3n) is 2.23. The molecule has 0 amide bonds. The summed E-state index contributed by atoms with van der Waals surface area (Å²) in [5, 5.41) is -0.228. The van der Waals surface area contributed by atoms with Crippen molar-refractivity contribution in [3.63, 3.8) is 0 Å². The molecule has 96 valence electrons. The van der Waals surface area contributed by atoms with Gasteiger partial charge in [-0.3, -0.25) is 4.79 Å². The number of fused-ring (bicyclic) bond motifs is 1. The minimum absolute atomic E-state index is 0.192. The van der Waals surface area contributed by atoms with Gasteiger partial charge in [-0.05, 0) is 32.0 Å². The molecule has 1 unspecified atom stereocenters. The predicted molar refractivity (Wildman–Crippen MR) is 79.3 cm³/mol. The molecule has 0 aliphatic carbocycles. The zero-order valence-electron chi connectivity index (χ0n) is 9.97. The monoisotopic (exact) mass is 345 g/mol. The van der Waals surface area contributed by atoms with Crippen molar-refractivity contribution in [2.24, 2.45) is 0 Å². The predicted octanol–water partition coefficient (Wildman–Crippen LogP) is 4.10. The molecule has 1 aromatic heterocycles. The first-order valence-corrected chi connectivity index (χ1v) is 7.98. The van der Waals surface area contributed by atoms with E-state index in [2.05, 4.69) is 20.9 Å². The van der Waals surface area contributed by atoms with E-state index >= 15 is 0 Å². The van der Waals surface area contributed by atoms with E-state index in [4.69, 9.17) is 4.74 Å². The molecule has 2 rings (SSSR count). The standard InChI is InChI=1S/C12H12BrNO2S2/c1-3-16-11(15)7(2)17-12-14-9-5-4-8(13)6-10(9)18-12/h4-7H,3H2,1-2H3. The Hall–Kier alpha value is -0.590. The van der Waals surface area contributed by atoms with Crippen molar-refractivity contribution in [3.8, 4) is 0 Å². The van der Waals surface area contributed by atoms with E-state index in [1.54, 1.807) is 11.3 Å². The summed E-state index contributed by atoms with van der Waals surface area (Å²) < 4.78 is 8.02. The summed E-state index contributed by atoms with van der Waals surface area (Å²) in [4.78, 5) is 16.0. The first-order chi connectivity index (χ1) is 8.60. The van der Waals surface area contributed by atoms with E-state index in [0.717, 1.165) is 19.0 Å². The Balaban J connectivity index is 2.14. The maximum absolute atomic E-state index is 11.5. The lowest BCUT2D eigenvalue weighted by Crippen LogP contribution is -2.16. The first kappa shape index (κ1) is 13.8. The molecular weight excluding hydrogens is 334 g/mol. The first-order valence-electron chi connectivity index (χ1n) is 5.49. The van der Waals surface area contributed by atoms with E-state index in [9.17, 15) is 4.79 Å². The lowest BCUT2D eigenvalue weighted by Gasteiger charge is -2.07. The lowest BCUT2D eigenvalue weighted by atomic mass is 10.3. The molecule has 1 aromatic carbocycles. The maximum atomic E-state index is 11.5. The van der Waals surface area contributed by atoms with Crippen LogP contribution in [0.15, 0.2) is 27.0 Å². The molecule has 0 saturated carbocycles. The molecular formula is C12H12BrNO2S2. The number of halogens is 1. The molecule has 1 heterocycles. The second kappa shape index (κ2) is 6.04. The Labute approximate surface area is 122 Å². The van der Waals surface area contributed by atoms with Crippen molar-refractivity contribution in [1.29, 1.82) is 0 Å². The third kappa shape index (κ3) is 3.24. The minimum Gasteiger partial charge on any atom is -0.465 e. The Morgan fingerprint density at radius 1 is 1.61 bits per heavy atom. The van der Waals surface area contributed by atoms with Gasteiger partial charge < -0.3 is 4.74 Å². The second-order valence-corrected chi connectivity index (χ2v) is 7.14. The second-order valence-electron chi connectivity index (χ2n) is 3.60. The quantitative estimate of drug-likeness (QED) is 0.617. The molecule has 0 bridgehead atoms. The van der Waals surface area contributed by atoms with Crippen LogP contribution in [0.1, 0.15) is 13.8 Å². The number of esters is 1. The van der Waals surface area contributed by atoms with Crippen molar-refractivity contribution in [2.45, 2.75) is 23.4 Å². The highest BCUT2D eigenvalue weighted by molar-refractivity contribution is 9.10. The van der Waals surface area contributed by atoms with Gasteiger partial charge in [-0.15, -0.1) is 11.3 Å². The SMILES string of the molecule is CCOC(=O)C(C)Sc1nc2ccc(Br)cc2s1. The van der Waals surface area contributed by atoms with Gasteiger partial charge in [0.2, 0.25) is 0 Å². The Bertz CT molecular complexity index is 570. The van der Waals surface area contributed by atoms with Crippen LogP contribution in [0, 0.1) is 0 Å². The maximum Gasteiger partial charge on any atom is 0.319 e. The normalized spacial score (nSPS) is 12.6. The van der Waals surface area contributed by atoms with E-state index < -0.39 is 0 Å². The van der Waals surface area contributed by atoms with Crippen LogP contribution in [0.4, 0.5) is 0 Å². The fraction of sp³-hybridized carbons (Fsp3) is 0.333. The molecule has 0 fully saturated rings. The number of thiazole rings is 1. The number of hydrogen-bond acceptors (Lipinski definition) is 5. The number of benzene rings is 1. The van der Waals surface area contributed by atoms with Gasteiger partial charge in [0.05, 0.1) is 16.8 Å². The van der Waals surface area contributed by atoms with Crippen LogP contribution >= 0.6 is 39.0 Å². The fourth-order valence-corrected chi connectivity index (χ4v) is 4.15. The average Bonchev–Trinajstić information content (AvgIpc) is 2.70. The van der Waals surface area contributed by atoms with Crippen LogP contribution in [-0.2, 0) is 9.53 Å². The van der Waals surface area contributed by atoms with E-state index in [1.165, 1.54) is 11.8 Å². The number of thioether (sulfide) groups is 1. The number of ether oxygens (including phenoxy) is 1. The van der Waals surface area contributed by atoms with Crippen LogP contribution in [-0.4, -0.2) is 22.8 Å². The summed E-state index contributed by atoms with van der Waals surface area (Å²) in [6, 6.07) is 5.96. The fourth-order valence-electron chi connectivity index (χ4n) is 1.39. The third-order valence-corrected chi connectivity index (χ3v) is 4.91. The highest BCUT2D eigenvalue weighted by Gasteiger charge is 2.17. The lowest BCUT2D eigenvalue weighted by molar-refractivity contribution is -0.142. The van der Waals surface area contributed by atoms with Crippen molar-refractivity contribution in [2.75, 3.05) is 6.61 Å². The Kier molecular flexibility index (Phi) is 4.64. The number of aromatic nitrogens is 1. The van der Waals surface area contributed by atoms with Crippen molar-refractivity contribution < 1.29 is 9.53 Å². The van der Waals surface area contributed by atoms with Gasteiger partial charge in [-0.25, -0.2) is 4.98 Å². The van der Waals surface area contributed by atoms with Crippen LogP contribution < -0.4 is 0 Å². The summed E-state index contributed by atoms with van der Waals surface area (Å²) in [5.74, 6) is -0.192. The van der Waals surface area contributed by atoms with E-state index in [1.807, 2.05) is 32.0 Å². The molecule has 1 atom stereocenters. The zero-order valence-corrected chi connectivity index (χ0v) is 13.2. The van der Waals surface area contributed by atoms with E-state index in [0.29, 0.717) is 6.61 Å². The summed E-state index contributed by atoms with van der Waals surface area (Å²) in [7, 11) is 0. The molecule has 0 spiro atoms. The molecule has 0 aliphatic rings. The number of nitrogens with zero attached hydrogens (tertiary/aromatic N) is 1. The summed E-state index contributed by atoms with van der Waals surface area (Å²) in [5.41, 5.74) is 0.960. The van der Waals surface area contributed by atoms with Gasteiger partial charge in [0.1, 0.15) is 5.25 Å². The van der Waals surface area contributed by atoms with Crippen LogP contribution in [0.3, 0.4) is 0 Å². The number of carbonyl (C=O) groups excluding carboxylic acids is 1. The van der Waals surface area contributed by atoms with Crippen molar-refractivity contribution in [3.05, 3.63) is 22.7 Å². The highest BCUT2D eigenvalue weighted by atomic mass is 79.9. The Morgan fingerprint density at radius 2 is 2.39 bits per heavy atom. The Morgan fingerprint density at radius 3 is 3.11 bits per heavy atom. The van der Waals surface area contributed by atoms with Gasteiger partial charge >= 0.3 is 5.97 Å². The van der Waals surface area contributed by atoms with Gasteiger partial charge in [-0.2, -0.15) is 0 Å². The number of carbonyl (C=O) groups is 1. The molecule has 6 heteroatoms. The van der Waals surface area contributed by atoms with Crippen molar-refractivity contribution in [1.82, 2.24) is 4.98 Å². The number of hydrogen-bond donors (Lipinski definition) is 0. The van der Waals surface area contributed by atoms with Crippen LogP contribution in [0.5, 0.6) is 0 Å². The van der Waals surface area contributed by atoms with Gasteiger partial charge in [0.25, 0.3) is 0 Å². The summed E-state index contributed by atoms with van der Waals surface area (Å²) >= 11 is 6.46. The summed E-state index contributed by atoms with van der Waals surface area (Å²) in [6.45, 7) is 4.06. The molecule has 0 radical (unpaired) electrons. The largest absolute Gasteiger partial charge is 0.465 e. The highest BCUT2D eigenvalue weighted by Crippen LogP contribution is 2.33. The molecule has 0 saturated heterocycles. The van der Waals surface area contributed by atoms with Gasteiger partial charge in [0.15, 0.2) is 4.34 Å². The number of rotatable bonds is 4. The van der Waals surface area contributed by atoms with E-state index in [-0.39, 0.29) is 11.2 Å². The van der Waals surface area contributed by atoms with Gasteiger partial charge in [0, 0.05) is 4.47 Å². The van der Waals surface area contributed by atoms with Gasteiger partial charge in [-0.1, -0.05) is 27.7 Å². The van der Waals surface area contributed by atoms with Crippen LogP contribution in [0.2, 0.25) is 0 Å². The molecule has 3 nitrogen and oxygen atoms in total. The zero-order chi connectivity index (χ0) is 13.1. The van der Waals surface area contributed by atoms with Crippen molar-refractivity contribution >= 4 is 55.2 Å². The smallest absolute Gasteiger partial charge is 0.319 e.